The van der Waals surface area contributed by atoms with E-state index in [-0.39, 0.29) is 0 Å². The van der Waals surface area contributed by atoms with Crippen molar-refractivity contribution in [2.24, 2.45) is 0 Å². The van der Waals surface area contributed by atoms with Crippen LogP contribution in [0.15, 0.2) is 0 Å². The van der Waals surface area contributed by atoms with E-state index in [1.165, 1.54) is 4.74 Å². The second-order valence-corrected chi connectivity index (χ2v) is 5.22. The third kappa shape index (κ3) is 5.84. The molecule has 0 amide bonds. The van der Waals surface area contributed by atoms with Gasteiger partial charge in [-0.1, -0.05) is 0 Å². The summed E-state index contributed by atoms with van der Waals surface area (Å²) in [5, 5.41) is 0. The van der Waals surface area contributed by atoms with Crippen LogP contribution in [0.4, 0.5) is 83.4 Å². The maximum Gasteiger partial charge on any atom is 0.460 e. The topological polar surface area (TPSA) is 44.8 Å². The predicted octanol–water partition coefficient (Wildman–Crippen LogP) is 5.62. The standard InChI is InChI=1S/C10HF19O4/c11-2(12,1-30)31-7(22,23)8(24,25)33-10(28,29)9(26,27)32-6(20,21)4(15,16)3(13,14)5(17,18)19/h1H. The van der Waals surface area contributed by atoms with Crippen LogP contribution in [0.3, 0.4) is 0 Å². The molecule has 0 atom stereocenters. The number of halogens is 19. The lowest BCUT2D eigenvalue weighted by Gasteiger charge is -2.37. The molecule has 0 saturated carbocycles. The summed E-state index contributed by atoms with van der Waals surface area (Å²) in [6, 6.07) is 0. The Morgan fingerprint density at radius 1 is 0.394 bits per heavy atom. The van der Waals surface area contributed by atoms with Gasteiger partial charge in [-0.25, -0.2) is 14.2 Å². The average Bonchev–Trinajstić information content (AvgIpc) is 2.50. The average molecular weight is 546 g/mol. The van der Waals surface area contributed by atoms with Gasteiger partial charge in [-0.2, -0.15) is 83.4 Å². The number of carbonyl (C=O) groups is 1. The number of carbonyl (C=O) groups excluding carboxylic acids is 1. The first-order valence-electron chi connectivity index (χ1n) is 6.59. The van der Waals surface area contributed by atoms with Crippen LogP contribution in [-0.4, -0.2) is 61.0 Å². The Morgan fingerprint density at radius 3 is 0.939 bits per heavy atom. The van der Waals surface area contributed by atoms with Crippen molar-refractivity contribution in [3.63, 3.8) is 0 Å². The molecular formula is C10HF19O4. The van der Waals surface area contributed by atoms with E-state index in [0.717, 1.165) is 4.74 Å². The molecule has 0 radical (unpaired) electrons. The van der Waals surface area contributed by atoms with E-state index < -0.39 is 61.0 Å². The van der Waals surface area contributed by atoms with Gasteiger partial charge in [0.05, 0.1) is 0 Å². The van der Waals surface area contributed by atoms with Gasteiger partial charge in [-0.05, 0) is 0 Å². The number of alkyl halides is 19. The van der Waals surface area contributed by atoms with Crippen LogP contribution in [-0.2, 0) is 19.0 Å². The van der Waals surface area contributed by atoms with E-state index in [9.17, 15) is 88.2 Å². The Bertz CT molecular complexity index is 710. The number of hydrogen-bond acceptors (Lipinski definition) is 4. The van der Waals surface area contributed by atoms with Gasteiger partial charge in [0.15, 0.2) is 0 Å². The van der Waals surface area contributed by atoms with Gasteiger partial charge in [-0.3, -0.25) is 4.79 Å². The summed E-state index contributed by atoms with van der Waals surface area (Å²) < 4.78 is 243. The van der Waals surface area contributed by atoms with Crippen LogP contribution >= 0.6 is 0 Å². The molecule has 0 aromatic heterocycles. The minimum Gasteiger partial charge on any atom is -0.294 e. The highest BCUT2D eigenvalue weighted by molar-refractivity contribution is 5.57. The molecule has 0 heterocycles. The van der Waals surface area contributed by atoms with Crippen molar-refractivity contribution in [1.82, 2.24) is 0 Å². The fraction of sp³-hybridized carbons (Fsp3) is 0.900. The molecule has 198 valence electrons. The number of ether oxygens (including phenoxy) is 3. The zero-order valence-corrected chi connectivity index (χ0v) is 13.9. The van der Waals surface area contributed by atoms with Gasteiger partial charge < -0.3 is 0 Å². The summed E-state index contributed by atoms with van der Waals surface area (Å²) in [6.45, 7) is 0. The molecule has 0 spiro atoms. The van der Waals surface area contributed by atoms with Crippen LogP contribution < -0.4 is 0 Å². The van der Waals surface area contributed by atoms with Gasteiger partial charge >= 0.3 is 54.7 Å². The van der Waals surface area contributed by atoms with Crippen LogP contribution in [0.2, 0.25) is 0 Å². The maximum atomic E-state index is 13.0. The van der Waals surface area contributed by atoms with Crippen molar-refractivity contribution < 1.29 is 102 Å². The van der Waals surface area contributed by atoms with Gasteiger partial charge in [-0.15, -0.1) is 0 Å². The Kier molecular flexibility index (Phi) is 7.72. The summed E-state index contributed by atoms with van der Waals surface area (Å²) in [7, 11) is 0. The van der Waals surface area contributed by atoms with E-state index in [2.05, 4.69) is 0 Å². The van der Waals surface area contributed by atoms with E-state index in [0.29, 0.717) is 0 Å². The summed E-state index contributed by atoms with van der Waals surface area (Å²) in [6.07, 6.45) is -54.1. The summed E-state index contributed by atoms with van der Waals surface area (Å²) >= 11 is 0. The molecule has 0 unspecified atom stereocenters. The Morgan fingerprint density at radius 2 is 0.667 bits per heavy atom. The van der Waals surface area contributed by atoms with Crippen molar-refractivity contribution in [2.75, 3.05) is 0 Å². The van der Waals surface area contributed by atoms with E-state index in [1.54, 1.807) is 4.74 Å². The molecule has 0 aromatic carbocycles. The Labute approximate surface area is 165 Å². The summed E-state index contributed by atoms with van der Waals surface area (Å²) in [5.74, 6) is -16.2. The van der Waals surface area contributed by atoms with Crippen molar-refractivity contribution >= 4 is 6.29 Å². The van der Waals surface area contributed by atoms with Crippen LogP contribution in [0.25, 0.3) is 0 Å². The summed E-state index contributed by atoms with van der Waals surface area (Å²) in [4.78, 5) is 9.60. The highest BCUT2D eigenvalue weighted by Crippen LogP contribution is 2.56. The van der Waals surface area contributed by atoms with Gasteiger partial charge in [0.2, 0.25) is 6.29 Å². The molecule has 0 aliphatic rings. The van der Waals surface area contributed by atoms with Crippen LogP contribution in [0.1, 0.15) is 0 Å². The third-order valence-corrected chi connectivity index (χ3v) is 2.71. The van der Waals surface area contributed by atoms with Gasteiger partial charge in [0, 0.05) is 0 Å². The molecular weight excluding hydrogens is 545 g/mol. The molecule has 4 nitrogen and oxygen atoms in total. The normalized spacial score (nSPS) is 16.2. The molecule has 23 heteroatoms. The fourth-order valence-corrected chi connectivity index (χ4v) is 1.18. The lowest BCUT2D eigenvalue weighted by Crippen LogP contribution is -2.65. The monoisotopic (exact) mass is 546 g/mol. The molecule has 0 rings (SSSR count). The van der Waals surface area contributed by atoms with E-state index in [4.69, 9.17) is 0 Å². The zero-order valence-electron chi connectivity index (χ0n) is 13.9. The highest BCUT2D eigenvalue weighted by atomic mass is 19.4. The third-order valence-electron chi connectivity index (χ3n) is 2.71. The number of rotatable bonds is 11. The zero-order chi connectivity index (χ0) is 27.3. The molecule has 33 heavy (non-hydrogen) atoms. The van der Waals surface area contributed by atoms with Crippen molar-refractivity contribution in [2.45, 2.75) is 54.7 Å². The van der Waals surface area contributed by atoms with Crippen molar-refractivity contribution in [3.05, 3.63) is 0 Å². The van der Waals surface area contributed by atoms with Gasteiger partial charge in [0.1, 0.15) is 0 Å². The second-order valence-electron chi connectivity index (χ2n) is 5.22. The van der Waals surface area contributed by atoms with Crippen LogP contribution in [0.5, 0.6) is 0 Å². The molecule has 0 saturated heterocycles. The first kappa shape index (κ1) is 31.2. The number of aldehydes is 1. The lowest BCUT2D eigenvalue weighted by molar-refractivity contribution is -0.567. The first-order chi connectivity index (χ1) is 13.9. The maximum absolute atomic E-state index is 13.0. The molecule has 0 N–H and O–H groups in total. The van der Waals surface area contributed by atoms with Gasteiger partial charge in [0.25, 0.3) is 0 Å². The Hall–Kier alpha value is -1.78. The first-order valence-corrected chi connectivity index (χ1v) is 6.59. The minimum absolute atomic E-state index is 1.12. The van der Waals surface area contributed by atoms with Crippen molar-refractivity contribution in [3.8, 4) is 0 Å². The number of hydrogen-bond donors (Lipinski definition) is 0. The predicted molar refractivity (Wildman–Crippen MR) is 54.9 cm³/mol. The summed E-state index contributed by atoms with van der Waals surface area (Å²) in [5.41, 5.74) is 0. The fourth-order valence-electron chi connectivity index (χ4n) is 1.18. The largest absolute Gasteiger partial charge is 0.460 e. The quantitative estimate of drug-likeness (QED) is 0.249. The lowest BCUT2D eigenvalue weighted by atomic mass is 10.1. The molecule has 0 aliphatic carbocycles. The Balaban J connectivity index is 6.08. The highest BCUT2D eigenvalue weighted by Gasteiger charge is 2.85. The second kappa shape index (κ2) is 8.16. The van der Waals surface area contributed by atoms with Crippen molar-refractivity contribution in [1.29, 1.82) is 0 Å². The molecule has 0 aromatic rings. The van der Waals surface area contributed by atoms with E-state index in [1.807, 2.05) is 0 Å². The smallest absolute Gasteiger partial charge is 0.294 e. The van der Waals surface area contributed by atoms with Crippen LogP contribution in [0, 0.1) is 0 Å². The SMILES string of the molecule is O=CC(F)(F)OC(F)(F)C(F)(F)OC(F)(F)C(F)(F)OC(F)(F)C(F)(F)C(F)(F)C(F)(F)F. The molecule has 0 aliphatic heterocycles. The minimum atomic E-state index is -8.18. The molecule has 0 bridgehead atoms. The van der Waals surface area contributed by atoms with E-state index >= 15 is 0 Å². The molecule has 0 fully saturated rings.